The zero-order chi connectivity index (χ0) is 21.4. The maximum absolute atomic E-state index is 12.3. The standard InChI is InChI=1S/C20H25N3O5S/c1-4-5-13-28-17-11-9-15(10-12-17)19(24)21-22-20(25)16-7-6-8-18(14-16)29(26,27)23(2)3/h6-12,14H,4-5,13H2,1-3H3,(H,21,24)(H,22,25). The summed E-state index contributed by atoms with van der Waals surface area (Å²) < 4.78 is 31.0. The summed E-state index contributed by atoms with van der Waals surface area (Å²) in [6.07, 6.45) is 1.98. The van der Waals surface area contributed by atoms with Crippen LogP contribution in [0, 0.1) is 0 Å². The minimum absolute atomic E-state index is 0.0138. The average Bonchev–Trinajstić information content (AvgIpc) is 2.72. The topological polar surface area (TPSA) is 105 Å². The molecule has 0 aliphatic heterocycles. The van der Waals surface area contributed by atoms with Crippen LogP contribution in [-0.4, -0.2) is 45.2 Å². The van der Waals surface area contributed by atoms with Crippen LogP contribution in [0.2, 0.25) is 0 Å². The molecule has 2 aromatic carbocycles. The third kappa shape index (κ3) is 6.03. The van der Waals surface area contributed by atoms with E-state index in [1.807, 2.05) is 0 Å². The minimum Gasteiger partial charge on any atom is -0.494 e. The number of hydrogen-bond donors (Lipinski definition) is 2. The Hall–Kier alpha value is -2.91. The molecule has 29 heavy (non-hydrogen) atoms. The highest BCUT2D eigenvalue weighted by atomic mass is 32.2. The van der Waals surface area contributed by atoms with Crippen LogP contribution in [0.5, 0.6) is 5.75 Å². The first-order valence-corrected chi connectivity index (χ1v) is 10.6. The molecule has 0 aliphatic rings. The first-order valence-electron chi connectivity index (χ1n) is 9.12. The monoisotopic (exact) mass is 419 g/mol. The summed E-state index contributed by atoms with van der Waals surface area (Å²) in [4.78, 5) is 24.5. The van der Waals surface area contributed by atoms with Crippen molar-refractivity contribution in [2.24, 2.45) is 0 Å². The Bertz CT molecular complexity index is 956. The van der Waals surface area contributed by atoms with E-state index in [-0.39, 0.29) is 10.5 Å². The molecule has 2 rings (SSSR count). The fourth-order valence-electron chi connectivity index (χ4n) is 2.30. The van der Waals surface area contributed by atoms with Crippen LogP contribution in [0.4, 0.5) is 0 Å². The second-order valence-electron chi connectivity index (χ2n) is 6.45. The van der Waals surface area contributed by atoms with Crippen LogP contribution in [0.25, 0.3) is 0 Å². The first-order chi connectivity index (χ1) is 13.8. The van der Waals surface area contributed by atoms with E-state index in [1.54, 1.807) is 24.3 Å². The zero-order valence-corrected chi connectivity index (χ0v) is 17.5. The van der Waals surface area contributed by atoms with Crippen LogP contribution in [-0.2, 0) is 10.0 Å². The molecule has 0 saturated carbocycles. The van der Waals surface area contributed by atoms with Crippen molar-refractivity contribution in [2.75, 3.05) is 20.7 Å². The molecule has 2 amide bonds. The first kappa shape index (κ1) is 22.4. The van der Waals surface area contributed by atoms with Gasteiger partial charge in [-0.2, -0.15) is 0 Å². The fourth-order valence-corrected chi connectivity index (χ4v) is 3.25. The Morgan fingerprint density at radius 2 is 1.59 bits per heavy atom. The van der Waals surface area contributed by atoms with E-state index in [4.69, 9.17) is 4.74 Å². The van der Waals surface area contributed by atoms with E-state index in [9.17, 15) is 18.0 Å². The van der Waals surface area contributed by atoms with Crippen LogP contribution in [0.3, 0.4) is 0 Å². The van der Waals surface area contributed by atoms with Gasteiger partial charge in [-0.1, -0.05) is 19.4 Å². The molecular formula is C20H25N3O5S. The lowest BCUT2D eigenvalue weighted by Gasteiger charge is -2.12. The van der Waals surface area contributed by atoms with Gasteiger partial charge in [0.2, 0.25) is 10.0 Å². The van der Waals surface area contributed by atoms with Crippen LogP contribution < -0.4 is 15.6 Å². The number of carbonyl (C=O) groups excluding carboxylic acids is 2. The van der Waals surface area contributed by atoms with Gasteiger partial charge >= 0.3 is 0 Å². The number of nitrogens with zero attached hydrogens (tertiary/aromatic N) is 1. The summed E-state index contributed by atoms with van der Waals surface area (Å²) in [5, 5.41) is 0. The SMILES string of the molecule is CCCCOc1ccc(C(=O)NNC(=O)c2cccc(S(=O)(=O)N(C)C)c2)cc1. The Morgan fingerprint density at radius 3 is 2.17 bits per heavy atom. The Balaban J connectivity index is 1.98. The maximum atomic E-state index is 12.3. The highest BCUT2D eigenvalue weighted by Crippen LogP contribution is 2.15. The summed E-state index contributed by atoms with van der Waals surface area (Å²) in [5.74, 6) is -0.470. The van der Waals surface area contributed by atoms with Gasteiger partial charge in [0.25, 0.3) is 11.8 Å². The van der Waals surface area contributed by atoms with Crippen molar-refractivity contribution in [1.29, 1.82) is 0 Å². The molecule has 0 fully saturated rings. The summed E-state index contributed by atoms with van der Waals surface area (Å²) in [6.45, 7) is 2.68. The van der Waals surface area contributed by atoms with Gasteiger partial charge in [0.1, 0.15) is 5.75 Å². The van der Waals surface area contributed by atoms with Crippen molar-refractivity contribution < 1.29 is 22.7 Å². The van der Waals surface area contributed by atoms with Crippen molar-refractivity contribution in [3.8, 4) is 5.75 Å². The Kier molecular flexibility index (Phi) is 7.74. The van der Waals surface area contributed by atoms with Crippen molar-refractivity contribution in [1.82, 2.24) is 15.2 Å². The van der Waals surface area contributed by atoms with E-state index in [2.05, 4.69) is 17.8 Å². The van der Waals surface area contributed by atoms with E-state index in [0.29, 0.717) is 17.9 Å². The van der Waals surface area contributed by atoms with Gasteiger partial charge in [0, 0.05) is 25.2 Å². The number of benzene rings is 2. The average molecular weight is 420 g/mol. The van der Waals surface area contributed by atoms with Gasteiger partial charge in [-0.3, -0.25) is 20.4 Å². The summed E-state index contributed by atoms with van der Waals surface area (Å²) in [5.41, 5.74) is 5.04. The van der Waals surface area contributed by atoms with Gasteiger partial charge in [0.15, 0.2) is 0 Å². The Labute approximate surface area is 170 Å². The number of sulfonamides is 1. The minimum atomic E-state index is -3.67. The van der Waals surface area contributed by atoms with Crippen molar-refractivity contribution in [3.63, 3.8) is 0 Å². The van der Waals surface area contributed by atoms with Crippen LogP contribution >= 0.6 is 0 Å². The number of rotatable bonds is 8. The van der Waals surface area contributed by atoms with E-state index in [0.717, 1.165) is 17.1 Å². The summed E-state index contributed by atoms with van der Waals surface area (Å²) in [7, 11) is -0.855. The third-order valence-corrected chi connectivity index (χ3v) is 5.86. The number of unbranched alkanes of at least 4 members (excludes halogenated alkanes) is 1. The van der Waals surface area contributed by atoms with Gasteiger partial charge < -0.3 is 4.74 Å². The number of hydrazine groups is 1. The van der Waals surface area contributed by atoms with Crippen LogP contribution in [0.15, 0.2) is 53.4 Å². The van der Waals surface area contributed by atoms with Gasteiger partial charge in [-0.15, -0.1) is 0 Å². The molecule has 9 heteroatoms. The number of ether oxygens (including phenoxy) is 1. The molecule has 156 valence electrons. The number of carbonyl (C=O) groups is 2. The third-order valence-electron chi connectivity index (χ3n) is 4.05. The van der Waals surface area contributed by atoms with Gasteiger partial charge in [-0.25, -0.2) is 12.7 Å². The molecule has 0 unspecified atom stereocenters. The van der Waals surface area contributed by atoms with Crippen molar-refractivity contribution in [2.45, 2.75) is 24.7 Å². The normalized spacial score (nSPS) is 11.2. The Morgan fingerprint density at radius 1 is 0.966 bits per heavy atom. The lowest BCUT2D eigenvalue weighted by molar-refractivity contribution is 0.0846. The second kappa shape index (κ2) is 10.0. The van der Waals surface area contributed by atoms with E-state index >= 15 is 0 Å². The molecule has 0 bridgehead atoms. The number of nitrogens with one attached hydrogen (secondary N) is 2. The van der Waals surface area contributed by atoms with Crippen molar-refractivity contribution in [3.05, 3.63) is 59.7 Å². The molecule has 0 spiro atoms. The molecule has 0 atom stereocenters. The zero-order valence-electron chi connectivity index (χ0n) is 16.6. The predicted octanol–water partition coefficient (Wildman–Crippen LogP) is 2.19. The fraction of sp³-hybridized carbons (Fsp3) is 0.300. The molecule has 0 saturated heterocycles. The molecule has 2 aromatic rings. The van der Waals surface area contributed by atoms with Crippen molar-refractivity contribution >= 4 is 21.8 Å². The number of amides is 2. The quantitative estimate of drug-likeness (QED) is 0.504. The molecule has 0 aliphatic carbocycles. The maximum Gasteiger partial charge on any atom is 0.269 e. The highest BCUT2D eigenvalue weighted by molar-refractivity contribution is 7.89. The molecule has 0 aromatic heterocycles. The van der Waals surface area contributed by atoms with Gasteiger partial charge in [-0.05, 0) is 48.9 Å². The molecular weight excluding hydrogens is 394 g/mol. The molecule has 0 radical (unpaired) electrons. The summed E-state index contributed by atoms with van der Waals surface area (Å²) >= 11 is 0. The lowest BCUT2D eigenvalue weighted by Crippen LogP contribution is -2.41. The predicted molar refractivity (Wildman–Crippen MR) is 109 cm³/mol. The smallest absolute Gasteiger partial charge is 0.269 e. The van der Waals surface area contributed by atoms with E-state index in [1.165, 1.54) is 38.4 Å². The molecule has 0 heterocycles. The molecule has 2 N–H and O–H groups in total. The lowest BCUT2D eigenvalue weighted by atomic mass is 10.2. The van der Waals surface area contributed by atoms with E-state index < -0.39 is 21.8 Å². The largest absolute Gasteiger partial charge is 0.494 e. The molecule has 8 nitrogen and oxygen atoms in total. The van der Waals surface area contributed by atoms with Gasteiger partial charge in [0.05, 0.1) is 11.5 Å². The highest BCUT2D eigenvalue weighted by Gasteiger charge is 2.19. The second-order valence-corrected chi connectivity index (χ2v) is 8.60. The summed E-state index contributed by atoms with van der Waals surface area (Å²) in [6, 6.07) is 12.1. The van der Waals surface area contributed by atoms with Crippen LogP contribution in [0.1, 0.15) is 40.5 Å². The number of hydrogen-bond acceptors (Lipinski definition) is 5.